The molecular weight excluding hydrogens is 398 g/mol. The number of nitrogen functional groups attached to an aromatic ring is 1. The molecule has 0 saturated carbocycles. The molecule has 3 rings (SSSR count). The molecule has 0 bridgehead atoms. The number of aromatic nitrogens is 3. The van der Waals surface area contributed by atoms with E-state index in [-0.39, 0.29) is 15.9 Å². The van der Waals surface area contributed by atoms with Crippen LogP contribution in [-0.2, 0) is 16.4 Å². The number of rotatable bonds is 7. The first-order chi connectivity index (χ1) is 13.4. The third-order valence-corrected chi connectivity index (χ3v) is 6.13. The van der Waals surface area contributed by atoms with Gasteiger partial charge in [0, 0.05) is 30.7 Å². The van der Waals surface area contributed by atoms with E-state index in [1.54, 1.807) is 37.6 Å². The highest BCUT2D eigenvalue weighted by Gasteiger charge is 2.19. The standard InChI is InChI=1S/C19H20ClN5O2S/c1-13-16(12-23-19(21)25-13)15-6-7-17(20)18(10-15)28(26,27)24-9-3-5-14-4-2-8-22-11-14/h2,4,6-8,10-12,24H,3,5,9H2,1H3,(H2,21,23,25). The van der Waals surface area contributed by atoms with Gasteiger partial charge in [0.25, 0.3) is 0 Å². The highest BCUT2D eigenvalue weighted by Crippen LogP contribution is 2.29. The Morgan fingerprint density at radius 1 is 1.21 bits per heavy atom. The van der Waals surface area contributed by atoms with Crippen molar-refractivity contribution in [2.24, 2.45) is 0 Å². The van der Waals surface area contributed by atoms with Gasteiger partial charge in [-0.25, -0.2) is 23.1 Å². The van der Waals surface area contributed by atoms with Crippen LogP contribution < -0.4 is 10.5 Å². The molecule has 0 aliphatic carbocycles. The van der Waals surface area contributed by atoms with Crippen LogP contribution in [-0.4, -0.2) is 29.9 Å². The Kier molecular flexibility index (Phi) is 6.23. The predicted octanol–water partition coefficient (Wildman–Crippen LogP) is 2.99. The summed E-state index contributed by atoms with van der Waals surface area (Å²) in [7, 11) is -3.76. The second-order valence-corrected chi connectivity index (χ2v) is 8.38. The molecule has 146 valence electrons. The van der Waals surface area contributed by atoms with Crippen LogP contribution in [0.25, 0.3) is 11.1 Å². The van der Waals surface area contributed by atoms with Gasteiger partial charge < -0.3 is 5.73 Å². The minimum absolute atomic E-state index is 0.0178. The molecule has 7 nitrogen and oxygen atoms in total. The zero-order valence-corrected chi connectivity index (χ0v) is 16.8. The molecule has 2 heterocycles. The molecule has 0 amide bonds. The van der Waals surface area contributed by atoms with Crippen molar-refractivity contribution in [1.82, 2.24) is 19.7 Å². The van der Waals surface area contributed by atoms with Crippen LogP contribution in [0.4, 0.5) is 5.95 Å². The van der Waals surface area contributed by atoms with E-state index in [9.17, 15) is 8.42 Å². The van der Waals surface area contributed by atoms with Gasteiger partial charge in [-0.3, -0.25) is 4.98 Å². The van der Waals surface area contributed by atoms with E-state index in [4.69, 9.17) is 17.3 Å². The van der Waals surface area contributed by atoms with Gasteiger partial charge >= 0.3 is 0 Å². The molecule has 2 aromatic heterocycles. The molecule has 9 heteroatoms. The maximum absolute atomic E-state index is 12.7. The highest BCUT2D eigenvalue weighted by atomic mass is 35.5. The molecule has 0 aliphatic rings. The first kappa shape index (κ1) is 20.2. The molecule has 3 N–H and O–H groups in total. The van der Waals surface area contributed by atoms with E-state index in [1.807, 2.05) is 12.1 Å². The van der Waals surface area contributed by atoms with Crippen LogP contribution >= 0.6 is 11.6 Å². The van der Waals surface area contributed by atoms with Crippen LogP contribution in [0, 0.1) is 6.92 Å². The maximum Gasteiger partial charge on any atom is 0.242 e. The lowest BCUT2D eigenvalue weighted by molar-refractivity contribution is 0.579. The third-order valence-electron chi connectivity index (χ3n) is 4.19. The second kappa shape index (κ2) is 8.64. The number of sulfonamides is 1. The van der Waals surface area contributed by atoms with E-state index in [1.165, 1.54) is 6.07 Å². The number of nitrogens with one attached hydrogen (secondary N) is 1. The number of aryl methyl sites for hydroxylation is 2. The number of hydrogen-bond donors (Lipinski definition) is 2. The summed E-state index contributed by atoms with van der Waals surface area (Å²) >= 11 is 6.16. The summed E-state index contributed by atoms with van der Waals surface area (Å²) in [5.74, 6) is 0.165. The Morgan fingerprint density at radius 3 is 2.75 bits per heavy atom. The van der Waals surface area contributed by atoms with Crippen molar-refractivity contribution in [3.05, 3.63) is 65.2 Å². The smallest absolute Gasteiger partial charge is 0.242 e. The number of nitrogens with two attached hydrogens (primary N) is 1. The van der Waals surface area contributed by atoms with Gasteiger partial charge in [-0.1, -0.05) is 23.7 Å². The van der Waals surface area contributed by atoms with Gasteiger partial charge in [-0.05, 0) is 49.1 Å². The molecule has 28 heavy (non-hydrogen) atoms. The maximum atomic E-state index is 12.7. The quantitative estimate of drug-likeness (QED) is 0.571. The lowest BCUT2D eigenvalue weighted by Gasteiger charge is -2.11. The first-order valence-electron chi connectivity index (χ1n) is 8.64. The average Bonchev–Trinajstić information content (AvgIpc) is 2.67. The molecule has 3 aromatic rings. The molecule has 1 aromatic carbocycles. The molecule has 0 unspecified atom stereocenters. The fraction of sp³-hybridized carbons (Fsp3) is 0.211. The van der Waals surface area contributed by atoms with E-state index < -0.39 is 10.0 Å². The summed E-state index contributed by atoms with van der Waals surface area (Å²) < 4.78 is 28.1. The van der Waals surface area contributed by atoms with Crippen LogP contribution in [0.2, 0.25) is 5.02 Å². The molecule has 0 saturated heterocycles. The van der Waals surface area contributed by atoms with Crippen molar-refractivity contribution in [2.45, 2.75) is 24.7 Å². The fourth-order valence-electron chi connectivity index (χ4n) is 2.77. The number of nitrogens with zero attached hydrogens (tertiary/aromatic N) is 3. The molecule has 0 radical (unpaired) electrons. The largest absolute Gasteiger partial charge is 0.368 e. The SMILES string of the molecule is Cc1nc(N)ncc1-c1ccc(Cl)c(S(=O)(=O)NCCCc2cccnc2)c1. The topological polar surface area (TPSA) is 111 Å². The summed E-state index contributed by atoms with van der Waals surface area (Å²) in [5, 5.41) is 0.150. The Balaban J connectivity index is 1.75. The van der Waals surface area contributed by atoms with Gasteiger partial charge in [0.05, 0.1) is 10.7 Å². The van der Waals surface area contributed by atoms with E-state index >= 15 is 0 Å². The third kappa shape index (κ3) is 4.83. The normalized spacial score (nSPS) is 11.5. The number of benzene rings is 1. The zero-order chi connectivity index (χ0) is 20.1. The van der Waals surface area contributed by atoms with Gasteiger partial charge in [0.1, 0.15) is 4.90 Å². The van der Waals surface area contributed by atoms with Crippen molar-refractivity contribution < 1.29 is 8.42 Å². The van der Waals surface area contributed by atoms with Crippen LogP contribution in [0.15, 0.2) is 53.8 Å². The molecular formula is C19H20ClN5O2S. The van der Waals surface area contributed by atoms with Gasteiger partial charge in [0.2, 0.25) is 16.0 Å². The number of hydrogen-bond acceptors (Lipinski definition) is 6. The highest BCUT2D eigenvalue weighted by molar-refractivity contribution is 7.89. The average molecular weight is 418 g/mol. The second-order valence-electron chi connectivity index (χ2n) is 6.24. The monoisotopic (exact) mass is 417 g/mol. The van der Waals surface area contributed by atoms with Crippen molar-refractivity contribution in [3.8, 4) is 11.1 Å². The number of pyridine rings is 1. The van der Waals surface area contributed by atoms with E-state index in [0.29, 0.717) is 29.8 Å². The lowest BCUT2D eigenvalue weighted by Crippen LogP contribution is -2.25. The van der Waals surface area contributed by atoms with E-state index in [2.05, 4.69) is 19.7 Å². The minimum Gasteiger partial charge on any atom is -0.368 e. The Labute approximate surface area is 169 Å². The molecule has 0 aliphatic heterocycles. The summed E-state index contributed by atoms with van der Waals surface area (Å²) in [6, 6.07) is 8.61. The van der Waals surface area contributed by atoms with Crippen molar-refractivity contribution in [2.75, 3.05) is 12.3 Å². The Bertz CT molecular complexity index is 1070. The van der Waals surface area contributed by atoms with Gasteiger partial charge in [-0.2, -0.15) is 0 Å². The molecule has 0 fully saturated rings. The van der Waals surface area contributed by atoms with E-state index in [0.717, 1.165) is 12.0 Å². The van der Waals surface area contributed by atoms with Gasteiger partial charge in [-0.15, -0.1) is 0 Å². The number of anilines is 1. The summed E-state index contributed by atoms with van der Waals surface area (Å²) in [6.45, 7) is 2.08. The van der Waals surface area contributed by atoms with Crippen molar-refractivity contribution in [3.63, 3.8) is 0 Å². The summed E-state index contributed by atoms with van der Waals surface area (Å²) in [4.78, 5) is 12.2. The Hall–Kier alpha value is -2.55. The first-order valence-corrected chi connectivity index (χ1v) is 10.5. The van der Waals surface area contributed by atoms with Crippen molar-refractivity contribution >= 4 is 27.6 Å². The van der Waals surface area contributed by atoms with Crippen LogP contribution in [0.3, 0.4) is 0 Å². The van der Waals surface area contributed by atoms with Crippen LogP contribution in [0.1, 0.15) is 17.7 Å². The number of halogens is 1. The Morgan fingerprint density at radius 2 is 2.04 bits per heavy atom. The summed E-state index contributed by atoms with van der Waals surface area (Å²) in [5.41, 5.74) is 8.64. The zero-order valence-electron chi connectivity index (χ0n) is 15.3. The minimum atomic E-state index is -3.76. The fourth-order valence-corrected chi connectivity index (χ4v) is 4.37. The predicted molar refractivity (Wildman–Crippen MR) is 109 cm³/mol. The van der Waals surface area contributed by atoms with Gasteiger partial charge in [0.15, 0.2) is 0 Å². The molecule has 0 atom stereocenters. The summed E-state index contributed by atoms with van der Waals surface area (Å²) in [6.07, 6.45) is 6.42. The van der Waals surface area contributed by atoms with Crippen molar-refractivity contribution in [1.29, 1.82) is 0 Å². The molecule has 0 spiro atoms. The lowest BCUT2D eigenvalue weighted by atomic mass is 10.1. The van der Waals surface area contributed by atoms with Crippen LogP contribution in [0.5, 0.6) is 0 Å².